The number of amides is 2. The van der Waals surface area contributed by atoms with Gasteiger partial charge in [0, 0.05) is 50.4 Å². The van der Waals surface area contributed by atoms with Gasteiger partial charge in [-0.2, -0.15) is 0 Å². The molecule has 0 spiro atoms. The van der Waals surface area contributed by atoms with Crippen molar-refractivity contribution in [2.45, 2.75) is 38.6 Å². The Hall–Kier alpha value is -4.21. The van der Waals surface area contributed by atoms with Gasteiger partial charge in [-0.25, -0.2) is 0 Å². The highest BCUT2D eigenvalue weighted by molar-refractivity contribution is 5.97. The first-order valence-electron chi connectivity index (χ1n) is 13.8. The summed E-state index contributed by atoms with van der Waals surface area (Å²) in [6, 6.07) is 23.0. The van der Waals surface area contributed by atoms with Crippen molar-refractivity contribution in [3.63, 3.8) is 0 Å². The monoisotopic (exact) mass is 560 g/mol. The molecule has 1 heterocycles. The fourth-order valence-electron chi connectivity index (χ4n) is 4.73. The number of benzene rings is 3. The number of rotatable bonds is 14. The van der Waals surface area contributed by atoms with Crippen molar-refractivity contribution in [3.05, 3.63) is 101 Å². The number of likely N-dealkylation sites (tertiary alicyclic amines) is 1. The quantitative estimate of drug-likeness (QED) is 0.283. The van der Waals surface area contributed by atoms with Gasteiger partial charge in [0.2, 0.25) is 0 Å². The molecule has 0 aromatic heterocycles. The molecule has 2 amide bonds. The van der Waals surface area contributed by atoms with E-state index >= 15 is 0 Å². The van der Waals surface area contributed by atoms with Crippen molar-refractivity contribution >= 4 is 17.8 Å². The zero-order valence-electron chi connectivity index (χ0n) is 23.4. The van der Waals surface area contributed by atoms with Crippen LogP contribution in [0.5, 0.6) is 5.75 Å². The fraction of sp³-hybridized carbons (Fsp3) is 0.344. The number of carbonyl (C=O) groups is 3. The van der Waals surface area contributed by atoms with Crippen LogP contribution in [0.25, 0.3) is 0 Å². The average molecular weight is 561 g/mol. The number of aliphatic carboxylic acids is 1. The third-order valence-corrected chi connectivity index (χ3v) is 7.04. The molecule has 2 N–H and O–H groups in total. The van der Waals surface area contributed by atoms with Crippen LogP contribution in [0, 0.1) is 0 Å². The van der Waals surface area contributed by atoms with Crippen molar-refractivity contribution in [3.8, 4) is 5.75 Å². The molecule has 0 saturated carbocycles. The third-order valence-electron chi connectivity index (χ3n) is 7.04. The maximum Gasteiger partial charge on any atom is 0.317 e. The highest BCUT2D eigenvalue weighted by atomic mass is 16.7. The molecular weight excluding hydrogens is 524 g/mol. The number of nitrogens with one attached hydrogen (secondary N) is 1. The molecule has 0 atom stereocenters. The summed E-state index contributed by atoms with van der Waals surface area (Å²) in [6.07, 6.45) is 0.238. The highest BCUT2D eigenvalue weighted by Crippen LogP contribution is 2.36. The number of ether oxygens (including phenoxy) is 3. The highest BCUT2D eigenvalue weighted by Gasteiger charge is 2.52. The van der Waals surface area contributed by atoms with Crippen molar-refractivity contribution in [1.82, 2.24) is 10.2 Å². The number of nitrogens with zero attached hydrogens (tertiary/aromatic N) is 1. The van der Waals surface area contributed by atoms with Crippen molar-refractivity contribution in [2.75, 3.05) is 32.8 Å². The molecular formula is C32H36N2O7. The Balaban J connectivity index is 1.24. The predicted octanol–water partition coefficient (Wildman–Crippen LogP) is 4.26. The molecule has 3 aromatic rings. The molecule has 0 aliphatic carbocycles. The van der Waals surface area contributed by atoms with E-state index in [1.165, 1.54) is 0 Å². The Morgan fingerprint density at radius 3 is 2.07 bits per heavy atom. The second kappa shape index (κ2) is 13.9. The minimum absolute atomic E-state index is 0.124. The molecule has 1 saturated heterocycles. The molecule has 0 unspecified atom stereocenters. The number of hydrogen-bond acceptors (Lipinski definition) is 6. The zero-order chi connectivity index (χ0) is 29.2. The van der Waals surface area contributed by atoms with Crippen LogP contribution >= 0.6 is 0 Å². The van der Waals surface area contributed by atoms with Crippen LogP contribution in [-0.2, 0) is 26.3 Å². The van der Waals surface area contributed by atoms with Gasteiger partial charge in [0.25, 0.3) is 11.8 Å². The summed E-state index contributed by atoms with van der Waals surface area (Å²) in [5, 5.41) is 12.7. The molecule has 0 radical (unpaired) electrons. The number of carbonyl (C=O) groups excluding carboxylic acids is 2. The van der Waals surface area contributed by atoms with Crippen LogP contribution in [0.15, 0.2) is 78.9 Å². The maximum atomic E-state index is 13.0. The molecule has 9 heteroatoms. The van der Waals surface area contributed by atoms with Gasteiger partial charge < -0.3 is 29.5 Å². The lowest BCUT2D eigenvalue weighted by atomic mass is 9.73. The zero-order valence-corrected chi connectivity index (χ0v) is 23.4. The van der Waals surface area contributed by atoms with E-state index in [-0.39, 0.29) is 31.2 Å². The van der Waals surface area contributed by atoms with E-state index < -0.39 is 11.4 Å². The summed E-state index contributed by atoms with van der Waals surface area (Å²) in [5.41, 5.74) is 1.52. The first-order valence-corrected chi connectivity index (χ1v) is 13.8. The second-order valence-electron chi connectivity index (χ2n) is 9.81. The molecule has 9 nitrogen and oxygen atoms in total. The second-order valence-corrected chi connectivity index (χ2v) is 9.81. The van der Waals surface area contributed by atoms with E-state index in [0.29, 0.717) is 55.2 Å². The van der Waals surface area contributed by atoms with Gasteiger partial charge in [-0.05, 0) is 61.4 Å². The first kappa shape index (κ1) is 29.8. The van der Waals surface area contributed by atoms with Crippen LogP contribution in [-0.4, -0.2) is 66.9 Å². The summed E-state index contributed by atoms with van der Waals surface area (Å²) in [5.74, 6) is -0.729. The summed E-state index contributed by atoms with van der Waals surface area (Å²) < 4.78 is 16.8. The molecule has 216 valence electrons. The number of carboxylic acid groups (broad SMARTS) is 1. The standard InChI is InChI=1S/C32H36N2O7/c1-3-39-28(40-4-2)18-19-33-29(35)24-12-10-23(11-13-24)20-41-27-16-14-25(15-17-27)30(36)34-21-32(22-34,31(37)38)26-8-6-5-7-9-26/h5-17,28H,3-4,18-22H2,1-2H3,(H,33,35)(H,37,38). The molecule has 4 rings (SSSR count). The van der Waals surface area contributed by atoms with Crippen LogP contribution in [0.2, 0.25) is 0 Å². The average Bonchev–Trinajstić information content (AvgIpc) is 2.96. The summed E-state index contributed by atoms with van der Waals surface area (Å²) in [7, 11) is 0. The van der Waals surface area contributed by atoms with E-state index in [0.717, 1.165) is 5.56 Å². The Morgan fingerprint density at radius 1 is 0.878 bits per heavy atom. The van der Waals surface area contributed by atoms with E-state index in [2.05, 4.69) is 5.32 Å². The van der Waals surface area contributed by atoms with E-state index in [9.17, 15) is 19.5 Å². The van der Waals surface area contributed by atoms with E-state index in [1.807, 2.05) is 32.0 Å². The summed E-state index contributed by atoms with van der Waals surface area (Å²) >= 11 is 0. The van der Waals surface area contributed by atoms with E-state index in [1.54, 1.807) is 65.6 Å². The van der Waals surface area contributed by atoms with Crippen LogP contribution in [0.3, 0.4) is 0 Å². The largest absolute Gasteiger partial charge is 0.489 e. The SMILES string of the molecule is CCOC(CCNC(=O)c1ccc(COc2ccc(C(=O)N3CC(C(=O)O)(c4ccccc4)C3)cc2)cc1)OCC. The molecule has 3 aromatic carbocycles. The Labute approximate surface area is 240 Å². The summed E-state index contributed by atoms with van der Waals surface area (Å²) in [4.78, 5) is 39.0. The smallest absolute Gasteiger partial charge is 0.317 e. The van der Waals surface area contributed by atoms with Gasteiger partial charge in [0.15, 0.2) is 6.29 Å². The Bertz CT molecular complexity index is 1300. The van der Waals surface area contributed by atoms with Gasteiger partial charge in [-0.1, -0.05) is 42.5 Å². The Kier molecular flexibility index (Phi) is 10.1. The topological polar surface area (TPSA) is 114 Å². The lowest BCUT2D eigenvalue weighted by Crippen LogP contribution is -2.65. The van der Waals surface area contributed by atoms with Gasteiger partial charge in [0.1, 0.15) is 17.8 Å². The molecule has 41 heavy (non-hydrogen) atoms. The van der Waals surface area contributed by atoms with Crippen LogP contribution in [0.4, 0.5) is 0 Å². The van der Waals surface area contributed by atoms with Crippen molar-refractivity contribution in [2.24, 2.45) is 0 Å². The fourth-order valence-corrected chi connectivity index (χ4v) is 4.73. The lowest BCUT2D eigenvalue weighted by molar-refractivity contribution is -0.149. The van der Waals surface area contributed by atoms with Gasteiger partial charge in [-0.15, -0.1) is 0 Å². The van der Waals surface area contributed by atoms with Gasteiger partial charge in [-0.3, -0.25) is 14.4 Å². The van der Waals surface area contributed by atoms with E-state index in [4.69, 9.17) is 14.2 Å². The summed E-state index contributed by atoms with van der Waals surface area (Å²) in [6.45, 7) is 5.89. The first-order chi connectivity index (χ1) is 19.9. The van der Waals surface area contributed by atoms with Gasteiger partial charge >= 0.3 is 5.97 Å². The van der Waals surface area contributed by atoms with Crippen LogP contribution in [0.1, 0.15) is 52.1 Å². The van der Waals surface area contributed by atoms with Crippen molar-refractivity contribution < 1.29 is 33.7 Å². The molecule has 1 fully saturated rings. The number of carboxylic acids is 1. The molecule has 1 aliphatic rings. The lowest BCUT2D eigenvalue weighted by Gasteiger charge is -2.47. The molecule has 1 aliphatic heterocycles. The van der Waals surface area contributed by atoms with Gasteiger partial charge in [0.05, 0.1) is 0 Å². The van der Waals surface area contributed by atoms with Crippen molar-refractivity contribution in [1.29, 1.82) is 0 Å². The third kappa shape index (κ3) is 7.31. The minimum atomic E-state index is -1.08. The number of hydrogen-bond donors (Lipinski definition) is 2. The minimum Gasteiger partial charge on any atom is -0.489 e. The molecule has 0 bridgehead atoms. The predicted molar refractivity (Wildman–Crippen MR) is 153 cm³/mol. The Morgan fingerprint density at radius 2 is 1.49 bits per heavy atom. The van der Waals surface area contributed by atoms with Crippen LogP contribution < -0.4 is 10.1 Å². The maximum absolute atomic E-state index is 13.0. The normalized spacial score (nSPS) is 13.9.